The summed E-state index contributed by atoms with van der Waals surface area (Å²) in [6.07, 6.45) is 2.58. The molecule has 1 N–H and O–H groups in total. The molecule has 0 aliphatic carbocycles. The summed E-state index contributed by atoms with van der Waals surface area (Å²) in [7, 11) is 0. The molecule has 3 heterocycles. The van der Waals surface area contributed by atoms with Gasteiger partial charge in [-0.15, -0.1) is 10.2 Å². The fourth-order valence-electron chi connectivity index (χ4n) is 3.83. The Hall–Kier alpha value is -2.50. The number of hydrogen-bond donors (Lipinski definition) is 1. The van der Waals surface area contributed by atoms with E-state index >= 15 is 0 Å². The van der Waals surface area contributed by atoms with E-state index in [1.807, 2.05) is 40.9 Å². The van der Waals surface area contributed by atoms with Crippen LogP contribution < -0.4 is 4.90 Å². The maximum atomic E-state index is 6.07. The van der Waals surface area contributed by atoms with Gasteiger partial charge in [0.1, 0.15) is 6.54 Å². The molecule has 2 aromatic carbocycles. The largest absolute Gasteiger partial charge is 0.329 e. The second-order valence-electron chi connectivity index (χ2n) is 6.89. The highest BCUT2D eigenvalue weighted by Crippen LogP contribution is 2.29. The fraction of sp³-hybridized carbons (Fsp3) is 0.250. The van der Waals surface area contributed by atoms with Crippen LogP contribution in [0.25, 0.3) is 27.7 Å². The summed E-state index contributed by atoms with van der Waals surface area (Å²) in [5.41, 5.74) is 2.80. The molecule has 5 rings (SSSR count). The highest BCUT2D eigenvalue weighted by atomic mass is 35.5. The average Bonchev–Trinajstić information content (AvgIpc) is 3.33. The fourth-order valence-corrected chi connectivity index (χ4v) is 3.96. The number of likely N-dealkylation sites (tertiary alicyclic amines) is 1. The van der Waals surface area contributed by atoms with Gasteiger partial charge in [-0.3, -0.25) is 0 Å². The van der Waals surface area contributed by atoms with Crippen LogP contribution >= 0.6 is 11.6 Å². The molecule has 4 aromatic rings. The van der Waals surface area contributed by atoms with Crippen molar-refractivity contribution < 1.29 is 4.90 Å². The predicted octanol–water partition coefficient (Wildman–Crippen LogP) is 2.78. The minimum atomic E-state index is 0.724. The Kier molecular flexibility index (Phi) is 3.84. The van der Waals surface area contributed by atoms with Gasteiger partial charge in [0, 0.05) is 34.2 Å². The molecule has 0 atom stereocenters. The van der Waals surface area contributed by atoms with E-state index in [0.29, 0.717) is 0 Å². The molecule has 0 amide bonds. The summed E-state index contributed by atoms with van der Waals surface area (Å²) in [4.78, 5) is 1.56. The molecule has 1 aliphatic rings. The molecule has 1 fully saturated rings. The van der Waals surface area contributed by atoms with E-state index in [9.17, 15) is 0 Å². The van der Waals surface area contributed by atoms with Crippen LogP contribution in [-0.2, 0) is 6.54 Å². The molecule has 1 aliphatic heterocycles. The molecular formula is C20H19ClN5+. The van der Waals surface area contributed by atoms with Gasteiger partial charge in [0.25, 0.3) is 0 Å². The lowest BCUT2D eigenvalue weighted by Crippen LogP contribution is -3.08. The standard InChI is InChI=1S/C20H18ClN5/c21-15-9-7-14(8-10-15)19-16-5-1-2-6-17(16)20-23-22-18(26(20)24-19)13-25-11-3-4-12-25/h1-2,5-10H,3-4,11-13H2/p+1. The van der Waals surface area contributed by atoms with E-state index in [1.54, 1.807) is 4.90 Å². The number of halogens is 1. The summed E-state index contributed by atoms with van der Waals surface area (Å²) >= 11 is 6.07. The predicted molar refractivity (Wildman–Crippen MR) is 102 cm³/mol. The smallest absolute Gasteiger partial charge is 0.209 e. The minimum absolute atomic E-state index is 0.724. The van der Waals surface area contributed by atoms with Crippen LogP contribution in [0.1, 0.15) is 18.7 Å². The average molecular weight is 365 g/mol. The molecule has 130 valence electrons. The number of nitrogens with one attached hydrogen (secondary N) is 1. The number of aromatic nitrogens is 4. The van der Waals surface area contributed by atoms with Crippen molar-refractivity contribution in [1.82, 2.24) is 19.8 Å². The summed E-state index contributed by atoms with van der Waals surface area (Å²) < 4.78 is 1.93. The van der Waals surface area contributed by atoms with Gasteiger partial charge in [0.2, 0.25) is 5.82 Å². The Balaban J connectivity index is 1.72. The van der Waals surface area contributed by atoms with Gasteiger partial charge >= 0.3 is 0 Å². The second kappa shape index (κ2) is 6.34. The third-order valence-corrected chi connectivity index (χ3v) is 5.42. The molecular weight excluding hydrogens is 346 g/mol. The van der Waals surface area contributed by atoms with Gasteiger partial charge < -0.3 is 4.90 Å². The lowest BCUT2D eigenvalue weighted by Gasteiger charge is -2.11. The first-order valence-corrected chi connectivity index (χ1v) is 9.40. The van der Waals surface area contributed by atoms with Crippen LogP contribution in [0.2, 0.25) is 5.02 Å². The van der Waals surface area contributed by atoms with E-state index in [2.05, 4.69) is 22.3 Å². The first-order valence-electron chi connectivity index (χ1n) is 9.02. The van der Waals surface area contributed by atoms with Crippen LogP contribution in [0.5, 0.6) is 0 Å². The quantitative estimate of drug-likeness (QED) is 0.608. The van der Waals surface area contributed by atoms with Gasteiger partial charge in [0.15, 0.2) is 5.65 Å². The van der Waals surface area contributed by atoms with E-state index in [4.69, 9.17) is 16.7 Å². The van der Waals surface area contributed by atoms with Crippen molar-refractivity contribution >= 4 is 28.0 Å². The summed E-state index contributed by atoms with van der Waals surface area (Å²) in [5, 5.41) is 16.7. The van der Waals surface area contributed by atoms with Gasteiger partial charge in [0.05, 0.1) is 18.8 Å². The number of benzene rings is 2. The second-order valence-corrected chi connectivity index (χ2v) is 7.32. The highest BCUT2D eigenvalue weighted by molar-refractivity contribution is 6.30. The Labute approximate surface area is 156 Å². The summed E-state index contributed by atoms with van der Waals surface area (Å²) in [6.45, 7) is 3.27. The molecule has 6 heteroatoms. The molecule has 0 radical (unpaired) electrons. The summed E-state index contributed by atoms with van der Waals surface area (Å²) in [6, 6.07) is 16.1. The molecule has 1 saturated heterocycles. The van der Waals surface area contributed by atoms with Crippen LogP contribution in [0.3, 0.4) is 0 Å². The van der Waals surface area contributed by atoms with Crippen LogP contribution in [0, 0.1) is 0 Å². The number of fused-ring (bicyclic) bond motifs is 3. The zero-order chi connectivity index (χ0) is 17.5. The van der Waals surface area contributed by atoms with Crippen molar-refractivity contribution in [2.75, 3.05) is 13.1 Å². The zero-order valence-electron chi connectivity index (χ0n) is 14.3. The van der Waals surface area contributed by atoms with Gasteiger partial charge in [-0.25, -0.2) is 0 Å². The SMILES string of the molecule is Clc1ccc(-c2nn3c(C[NH+]4CCCC4)nnc3c3ccccc23)cc1. The molecule has 26 heavy (non-hydrogen) atoms. The van der Waals surface area contributed by atoms with Gasteiger partial charge in [-0.1, -0.05) is 48.0 Å². The zero-order valence-corrected chi connectivity index (χ0v) is 15.1. The first kappa shape index (κ1) is 15.7. The molecule has 0 saturated carbocycles. The van der Waals surface area contributed by atoms with Crippen LogP contribution in [0.15, 0.2) is 48.5 Å². The number of rotatable bonds is 3. The first-order chi connectivity index (χ1) is 12.8. The molecule has 0 spiro atoms. The Morgan fingerprint density at radius 2 is 1.65 bits per heavy atom. The summed E-state index contributed by atoms with van der Waals surface area (Å²) in [5.74, 6) is 0.929. The van der Waals surface area contributed by atoms with Crippen molar-refractivity contribution in [3.63, 3.8) is 0 Å². The Morgan fingerprint density at radius 1 is 0.923 bits per heavy atom. The molecule has 2 aromatic heterocycles. The monoisotopic (exact) mass is 364 g/mol. The molecule has 0 unspecified atom stereocenters. The van der Waals surface area contributed by atoms with Crippen molar-refractivity contribution in [3.05, 3.63) is 59.4 Å². The normalized spacial score (nSPS) is 15.3. The number of nitrogens with zero attached hydrogens (tertiary/aromatic N) is 4. The van der Waals surface area contributed by atoms with Gasteiger partial charge in [-0.2, -0.15) is 9.61 Å². The van der Waals surface area contributed by atoms with Crippen molar-refractivity contribution in [1.29, 1.82) is 0 Å². The Bertz CT molecular complexity index is 1080. The van der Waals surface area contributed by atoms with E-state index < -0.39 is 0 Å². The lowest BCUT2D eigenvalue weighted by atomic mass is 10.1. The third-order valence-electron chi connectivity index (χ3n) is 5.16. The van der Waals surface area contributed by atoms with Gasteiger partial charge in [-0.05, 0) is 12.1 Å². The van der Waals surface area contributed by atoms with Crippen LogP contribution in [-0.4, -0.2) is 32.9 Å². The van der Waals surface area contributed by atoms with E-state index in [1.165, 1.54) is 25.9 Å². The number of hydrogen-bond acceptors (Lipinski definition) is 3. The Morgan fingerprint density at radius 3 is 2.42 bits per heavy atom. The van der Waals surface area contributed by atoms with Crippen molar-refractivity contribution in [3.8, 4) is 11.3 Å². The molecule has 0 bridgehead atoms. The van der Waals surface area contributed by atoms with Crippen molar-refractivity contribution in [2.45, 2.75) is 19.4 Å². The van der Waals surface area contributed by atoms with E-state index in [-0.39, 0.29) is 0 Å². The van der Waals surface area contributed by atoms with E-state index in [0.717, 1.165) is 45.1 Å². The topological polar surface area (TPSA) is 47.5 Å². The lowest BCUT2D eigenvalue weighted by molar-refractivity contribution is -0.902. The number of quaternary nitrogens is 1. The maximum Gasteiger partial charge on any atom is 0.209 e. The molecule has 5 nitrogen and oxygen atoms in total. The highest BCUT2D eigenvalue weighted by Gasteiger charge is 2.21. The maximum absolute atomic E-state index is 6.07. The third kappa shape index (κ3) is 2.64. The van der Waals surface area contributed by atoms with Crippen LogP contribution in [0.4, 0.5) is 0 Å². The minimum Gasteiger partial charge on any atom is -0.329 e. The van der Waals surface area contributed by atoms with Crippen molar-refractivity contribution in [2.24, 2.45) is 0 Å².